The Morgan fingerprint density at radius 3 is 2.39 bits per heavy atom. The van der Waals surface area contributed by atoms with Crippen LogP contribution in [0.5, 0.6) is 11.5 Å². The molecule has 0 saturated heterocycles. The summed E-state index contributed by atoms with van der Waals surface area (Å²) in [4.78, 5) is 12.3. The van der Waals surface area contributed by atoms with Crippen LogP contribution in [0.2, 0.25) is 0 Å². The number of alkyl halides is 3. The summed E-state index contributed by atoms with van der Waals surface area (Å²) in [6, 6.07) is 9.97. The summed E-state index contributed by atoms with van der Waals surface area (Å²) in [5, 5.41) is 16.2. The zero-order valence-corrected chi connectivity index (χ0v) is 16.6. The van der Waals surface area contributed by atoms with Crippen LogP contribution in [0.15, 0.2) is 36.4 Å². The average Bonchev–Trinajstić information content (AvgIpc) is 3.42. The van der Waals surface area contributed by atoms with Crippen LogP contribution in [-0.2, 0) is 4.79 Å². The largest absolute Gasteiger partial charge is 0.493 e. The molecule has 2 aromatic carbocycles. The van der Waals surface area contributed by atoms with Crippen molar-refractivity contribution in [2.24, 2.45) is 5.41 Å². The second-order valence-electron chi connectivity index (χ2n) is 7.10. The van der Waals surface area contributed by atoms with Gasteiger partial charge in [0.05, 0.1) is 14.2 Å². The predicted octanol–water partition coefficient (Wildman–Crippen LogP) is 3.83. The Morgan fingerprint density at radius 1 is 1.06 bits per heavy atom. The molecule has 1 aromatic heterocycles. The quantitative estimate of drug-likeness (QED) is 0.613. The molecular formula is C20H18F3N5O3. The van der Waals surface area contributed by atoms with Crippen molar-refractivity contribution in [2.45, 2.75) is 19.0 Å². The first kappa shape index (κ1) is 20.6. The Hall–Kier alpha value is -3.63. The second kappa shape index (κ2) is 7.56. The molecule has 1 fully saturated rings. The first-order valence-electron chi connectivity index (χ1n) is 9.27. The number of carbonyl (C=O) groups excluding carboxylic acids is 1. The van der Waals surface area contributed by atoms with E-state index in [1.807, 2.05) is 0 Å². The number of carbonyl (C=O) groups is 1. The Balaban J connectivity index is 1.73. The molecule has 1 aliphatic carbocycles. The van der Waals surface area contributed by atoms with Crippen molar-refractivity contribution in [3.63, 3.8) is 0 Å². The number of H-pyrrole nitrogens is 1. The summed E-state index contributed by atoms with van der Waals surface area (Å²) in [5.74, 6) is 0.186. The van der Waals surface area contributed by atoms with Crippen molar-refractivity contribution in [1.29, 1.82) is 0 Å². The van der Waals surface area contributed by atoms with Crippen LogP contribution in [-0.4, -0.2) is 46.9 Å². The molecule has 0 bridgehead atoms. The second-order valence-corrected chi connectivity index (χ2v) is 7.10. The summed E-state index contributed by atoms with van der Waals surface area (Å²) >= 11 is 0. The van der Waals surface area contributed by atoms with Gasteiger partial charge in [-0.05, 0) is 53.4 Å². The number of methoxy groups -OCH3 is 2. The van der Waals surface area contributed by atoms with Crippen LogP contribution in [0.3, 0.4) is 0 Å². The van der Waals surface area contributed by atoms with Crippen molar-refractivity contribution < 1.29 is 27.4 Å². The van der Waals surface area contributed by atoms with Gasteiger partial charge in [-0.15, -0.1) is 10.2 Å². The molecule has 0 radical (unpaired) electrons. The van der Waals surface area contributed by atoms with Crippen LogP contribution in [0.4, 0.5) is 18.9 Å². The number of halogens is 3. The van der Waals surface area contributed by atoms with E-state index in [0.717, 1.165) is 5.56 Å². The Labute approximate surface area is 174 Å². The van der Waals surface area contributed by atoms with Gasteiger partial charge in [-0.1, -0.05) is 12.1 Å². The summed E-state index contributed by atoms with van der Waals surface area (Å²) in [6.45, 7) is 0. The zero-order valence-electron chi connectivity index (χ0n) is 16.6. The third kappa shape index (κ3) is 3.66. The normalized spacial score (nSPS) is 14.7. The molecule has 4 rings (SSSR count). The average molecular weight is 433 g/mol. The fourth-order valence-corrected chi connectivity index (χ4v) is 3.35. The molecule has 0 spiro atoms. The van der Waals surface area contributed by atoms with Gasteiger partial charge >= 0.3 is 6.18 Å². The number of benzene rings is 2. The van der Waals surface area contributed by atoms with Crippen molar-refractivity contribution >= 4 is 11.6 Å². The van der Waals surface area contributed by atoms with Crippen LogP contribution in [0, 0.1) is 5.41 Å². The van der Waals surface area contributed by atoms with Crippen molar-refractivity contribution in [3.8, 4) is 34.0 Å². The number of aromatic nitrogens is 4. The number of nitrogens with one attached hydrogen (secondary N) is 2. The number of amides is 1. The number of hydrogen-bond donors (Lipinski definition) is 2. The standard InChI is InChI=1S/C20H18F3N5O3/c1-30-15-6-3-11(9-16(15)31-2)13-5-4-12(10-14(13)17-25-27-28-26-17)24-18(29)19(7-8-19)20(21,22)23/h3-6,9-10H,7-8H2,1-2H3,(H,24,29)(H,25,26,27,28). The molecule has 11 heteroatoms. The topological polar surface area (TPSA) is 102 Å². The Morgan fingerprint density at radius 2 is 1.81 bits per heavy atom. The molecule has 1 heterocycles. The van der Waals surface area contributed by atoms with Gasteiger partial charge < -0.3 is 14.8 Å². The monoisotopic (exact) mass is 433 g/mol. The van der Waals surface area contributed by atoms with E-state index < -0.39 is 17.5 Å². The van der Waals surface area contributed by atoms with Crippen molar-refractivity contribution in [1.82, 2.24) is 20.6 Å². The van der Waals surface area contributed by atoms with Gasteiger partial charge in [-0.2, -0.15) is 18.4 Å². The van der Waals surface area contributed by atoms with Crippen molar-refractivity contribution in [2.75, 3.05) is 19.5 Å². The fourth-order valence-electron chi connectivity index (χ4n) is 3.35. The molecule has 1 aliphatic rings. The van der Waals surface area contributed by atoms with Gasteiger partial charge in [0.1, 0.15) is 5.41 Å². The summed E-state index contributed by atoms with van der Waals surface area (Å²) in [7, 11) is 3.03. The Bertz CT molecular complexity index is 1110. The van der Waals surface area contributed by atoms with E-state index in [2.05, 4.69) is 25.9 Å². The van der Waals surface area contributed by atoms with Crippen LogP contribution in [0.25, 0.3) is 22.5 Å². The van der Waals surface area contributed by atoms with E-state index in [-0.39, 0.29) is 24.4 Å². The predicted molar refractivity (Wildman–Crippen MR) is 105 cm³/mol. The third-order valence-electron chi connectivity index (χ3n) is 5.29. The smallest absolute Gasteiger partial charge is 0.403 e. The summed E-state index contributed by atoms with van der Waals surface area (Å²) < 4.78 is 50.4. The first-order chi connectivity index (χ1) is 14.8. The molecule has 1 saturated carbocycles. The minimum atomic E-state index is -4.59. The number of anilines is 1. The van der Waals surface area contributed by atoms with E-state index in [4.69, 9.17) is 9.47 Å². The van der Waals surface area contributed by atoms with Gasteiger partial charge in [0.25, 0.3) is 0 Å². The lowest BCUT2D eigenvalue weighted by atomic mass is 9.97. The van der Waals surface area contributed by atoms with Gasteiger partial charge in [-0.25, -0.2) is 0 Å². The lowest BCUT2D eigenvalue weighted by molar-refractivity contribution is -0.189. The summed E-state index contributed by atoms with van der Waals surface area (Å²) in [6.07, 6.45) is -5.03. The van der Waals surface area contributed by atoms with Crippen molar-refractivity contribution in [3.05, 3.63) is 36.4 Å². The number of aromatic amines is 1. The number of rotatable bonds is 6. The number of nitrogens with zero attached hydrogens (tertiary/aromatic N) is 3. The molecule has 0 unspecified atom stereocenters. The highest BCUT2D eigenvalue weighted by atomic mass is 19.4. The molecule has 1 amide bonds. The molecule has 0 aliphatic heterocycles. The van der Waals surface area contributed by atoms with Crippen LogP contribution >= 0.6 is 0 Å². The van der Waals surface area contributed by atoms with E-state index >= 15 is 0 Å². The van der Waals surface area contributed by atoms with E-state index in [1.54, 1.807) is 24.3 Å². The maximum atomic E-state index is 13.3. The lowest BCUT2D eigenvalue weighted by Crippen LogP contribution is -2.36. The van der Waals surface area contributed by atoms with Crippen LogP contribution in [0.1, 0.15) is 12.8 Å². The van der Waals surface area contributed by atoms with E-state index in [0.29, 0.717) is 22.6 Å². The minimum absolute atomic E-state index is 0.199. The summed E-state index contributed by atoms with van der Waals surface area (Å²) in [5.41, 5.74) is -0.261. The molecule has 8 nitrogen and oxygen atoms in total. The van der Waals surface area contributed by atoms with Gasteiger partial charge in [0.15, 0.2) is 11.5 Å². The molecule has 2 N–H and O–H groups in total. The minimum Gasteiger partial charge on any atom is -0.493 e. The van der Waals surface area contributed by atoms with Crippen LogP contribution < -0.4 is 14.8 Å². The highest BCUT2D eigenvalue weighted by molar-refractivity contribution is 5.99. The highest BCUT2D eigenvalue weighted by Gasteiger charge is 2.68. The SMILES string of the molecule is COc1ccc(-c2ccc(NC(=O)C3(C(F)(F)F)CC3)cc2-c2nn[nH]n2)cc1OC. The number of ether oxygens (including phenoxy) is 2. The molecular weight excluding hydrogens is 415 g/mol. The van der Waals surface area contributed by atoms with E-state index in [9.17, 15) is 18.0 Å². The fraction of sp³-hybridized carbons (Fsp3) is 0.300. The highest BCUT2D eigenvalue weighted by Crippen LogP contribution is 2.58. The molecule has 0 atom stereocenters. The maximum absolute atomic E-state index is 13.3. The van der Waals surface area contributed by atoms with Gasteiger partial charge in [-0.3, -0.25) is 4.79 Å². The molecule has 162 valence electrons. The van der Waals surface area contributed by atoms with Gasteiger partial charge in [0.2, 0.25) is 11.7 Å². The molecule has 3 aromatic rings. The number of hydrogen-bond acceptors (Lipinski definition) is 6. The Kier molecular flexibility index (Phi) is 5.03. The van der Waals surface area contributed by atoms with E-state index in [1.165, 1.54) is 26.4 Å². The number of tetrazole rings is 1. The van der Waals surface area contributed by atoms with Gasteiger partial charge in [0, 0.05) is 11.3 Å². The first-order valence-corrected chi connectivity index (χ1v) is 9.27. The lowest BCUT2D eigenvalue weighted by Gasteiger charge is -2.19. The zero-order chi connectivity index (χ0) is 22.2. The maximum Gasteiger partial charge on any atom is 0.403 e. The molecule has 31 heavy (non-hydrogen) atoms. The third-order valence-corrected chi connectivity index (χ3v) is 5.29.